The van der Waals surface area contributed by atoms with Crippen molar-refractivity contribution < 1.29 is 13.7 Å². The molecule has 1 aromatic rings. The molecule has 0 saturated carbocycles. The van der Waals surface area contributed by atoms with Gasteiger partial charge in [-0.1, -0.05) is 12.1 Å². The van der Waals surface area contributed by atoms with Crippen molar-refractivity contribution in [1.29, 1.82) is 0 Å². The third-order valence-electron chi connectivity index (χ3n) is 1.60. The maximum absolute atomic E-state index is 11.4. The van der Waals surface area contributed by atoms with E-state index < -0.39 is 17.0 Å². The highest BCUT2D eigenvalue weighted by atomic mass is 32.2. The van der Waals surface area contributed by atoms with Crippen LogP contribution in [0.1, 0.15) is 17.3 Å². The molecule has 1 atom stereocenters. The molecular weight excluding hydrogens is 202 g/mol. The van der Waals surface area contributed by atoms with E-state index in [9.17, 15) is 9.00 Å². The van der Waals surface area contributed by atoms with Crippen molar-refractivity contribution in [1.82, 2.24) is 0 Å². The lowest BCUT2D eigenvalue weighted by Crippen LogP contribution is -2.12. The Kier molecular flexibility index (Phi) is 3.79. The first-order chi connectivity index (χ1) is 6.66. The van der Waals surface area contributed by atoms with Crippen LogP contribution >= 0.6 is 0 Å². The van der Waals surface area contributed by atoms with Crippen molar-refractivity contribution in [2.45, 2.75) is 11.8 Å². The van der Waals surface area contributed by atoms with Crippen molar-refractivity contribution >= 4 is 17.0 Å². The highest BCUT2D eigenvalue weighted by Crippen LogP contribution is 2.12. The van der Waals surface area contributed by atoms with Crippen molar-refractivity contribution in [3.05, 3.63) is 29.8 Å². The Labute approximate surface area is 84.7 Å². The van der Waals surface area contributed by atoms with Crippen LogP contribution in [0.3, 0.4) is 0 Å². The number of ether oxygens (including phenoxy) is 1. The van der Waals surface area contributed by atoms with Gasteiger partial charge in [0.25, 0.3) is 0 Å². The Hall–Kier alpha value is -1.20. The summed E-state index contributed by atoms with van der Waals surface area (Å²) in [5, 5.41) is 5.21. The maximum Gasteiger partial charge on any atom is 0.339 e. The topological polar surface area (TPSA) is 69.4 Å². The minimum Gasteiger partial charge on any atom is -0.462 e. The van der Waals surface area contributed by atoms with E-state index in [0.717, 1.165) is 0 Å². The first kappa shape index (κ1) is 10.9. The van der Waals surface area contributed by atoms with Gasteiger partial charge in [0.1, 0.15) is 11.0 Å². The summed E-state index contributed by atoms with van der Waals surface area (Å²) in [7, 11) is -1.67. The first-order valence-corrected chi connectivity index (χ1v) is 5.30. The zero-order valence-electron chi connectivity index (χ0n) is 7.73. The number of benzene rings is 1. The van der Waals surface area contributed by atoms with Crippen LogP contribution in [0.4, 0.5) is 0 Å². The van der Waals surface area contributed by atoms with Crippen molar-refractivity contribution in [3.63, 3.8) is 0 Å². The second-order valence-electron chi connectivity index (χ2n) is 2.51. The summed E-state index contributed by atoms with van der Waals surface area (Å²) in [4.78, 5) is 11.7. The fraction of sp³-hybridized carbons (Fsp3) is 0.222. The molecule has 0 aliphatic rings. The monoisotopic (exact) mass is 213 g/mol. The number of rotatable bonds is 3. The fourth-order valence-electron chi connectivity index (χ4n) is 1.02. The van der Waals surface area contributed by atoms with Crippen LogP contribution in [-0.2, 0) is 15.7 Å². The van der Waals surface area contributed by atoms with E-state index in [1.807, 2.05) is 0 Å². The van der Waals surface area contributed by atoms with Crippen LogP contribution in [0.15, 0.2) is 29.2 Å². The van der Waals surface area contributed by atoms with Gasteiger partial charge >= 0.3 is 5.97 Å². The smallest absolute Gasteiger partial charge is 0.339 e. The lowest BCUT2D eigenvalue weighted by atomic mass is 10.2. The number of hydrogen-bond acceptors (Lipinski definition) is 3. The summed E-state index contributed by atoms with van der Waals surface area (Å²) in [6, 6.07) is 6.42. The van der Waals surface area contributed by atoms with Crippen molar-refractivity contribution in [3.8, 4) is 0 Å². The van der Waals surface area contributed by atoms with Crippen LogP contribution in [0.5, 0.6) is 0 Å². The van der Waals surface area contributed by atoms with Gasteiger partial charge in [-0.2, -0.15) is 0 Å². The number of hydrogen-bond donors (Lipinski definition) is 1. The van der Waals surface area contributed by atoms with Gasteiger partial charge in [-0.05, 0) is 19.1 Å². The molecule has 0 amide bonds. The third-order valence-corrected chi connectivity index (χ3v) is 2.39. The molecule has 1 unspecified atom stereocenters. The molecule has 0 spiro atoms. The molecule has 1 aromatic carbocycles. The molecule has 0 saturated heterocycles. The fourth-order valence-corrected chi connectivity index (χ4v) is 1.60. The summed E-state index contributed by atoms with van der Waals surface area (Å²) in [5.74, 6) is -0.498. The minimum atomic E-state index is -1.67. The van der Waals surface area contributed by atoms with E-state index in [4.69, 9.17) is 9.88 Å². The SMILES string of the molecule is CCOC(=O)c1ccccc1S(N)=O. The second-order valence-corrected chi connectivity index (χ2v) is 3.55. The van der Waals surface area contributed by atoms with Gasteiger partial charge in [0.2, 0.25) is 0 Å². The standard InChI is InChI=1S/C9H11NO3S/c1-2-13-9(11)7-5-3-4-6-8(7)14(10)12/h3-6H,2,10H2,1H3. The zero-order chi connectivity index (χ0) is 10.6. The van der Waals surface area contributed by atoms with Crippen molar-refractivity contribution in [2.24, 2.45) is 5.14 Å². The normalized spacial score (nSPS) is 12.1. The number of esters is 1. The lowest BCUT2D eigenvalue weighted by molar-refractivity contribution is 0.0522. The van der Waals surface area contributed by atoms with Crippen LogP contribution in [0.2, 0.25) is 0 Å². The molecule has 14 heavy (non-hydrogen) atoms. The van der Waals surface area contributed by atoms with E-state index in [1.165, 1.54) is 6.07 Å². The molecular formula is C9H11NO3S. The summed E-state index contributed by atoms with van der Waals surface area (Å²) in [5.41, 5.74) is 0.259. The molecule has 0 fully saturated rings. The molecule has 0 aliphatic carbocycles. The number of nitrogens with two attached hydrogens (primary N) is 1. The number of carbonyl (C=O) groups excluding carboxylic acids is 1. The Morgan fingerprint density at radius 3 is 2.71 bits per heavy atom. The predicted octanol–water partition coefficient (Wildman–Crippen LogP) is 0.845. The zero-order valence-corrected chi connectivity index (χ0v) is 8.54. The molecule has 0 bridgehead atoms. The molecule has 0 aromatic heterocycles. The quantitative estimate of drug-likeness (QED) is 0.756. The highest BCUT2D eigenvalue weighted by molar-refractivity contribution is 7.82. The van der Waals surface area contributed by atoms with Gasteiger partial charge < -0.3 is 4.74 Å². The molecule has 0 aliphatic heterocycles. The molecule has 2 N–H and O–H groups in total. The van der Waals surface area contributed by atoms with E-state index >= 15 is 0 Å². The Morgan fingerprint density at radius 1 is 1.50 bits per heavy atom. The van der Waals surface area contributed by atoms with Gasteiger partial charge in [-0.3, -0.25) is 0 Å². The first-order valence-electron chi connectivity index (χ1n) is 4.09. The third kappa shape index (κ3) is 2.40. The molecule has 5 heteroatoms. The summed E-state index contributed by atoms with van der Waals surface area (Å²) in [6.07, 6.45) is 0. The predicted molar refractivity (Wildman–Crippen MR) is 53.0 cm³/mol. The lowest BCUT2D eigenvalue weighted by Gasteiger charge is -2.05. The van der Waals surface area contributed by atoms with Gasteiger partial charge in [-0.15, -0.1) is 0 Å². The van der Waals surface area contributed by atoms with E-state index in [2.05, 4.69) is 0 Å². The summed E-state index contributed by atoms with van der Waals surface area (Å²) in [6.45, 7) is 1.99. The molecule has 0 heterocycles. The van der Waals surface area contributed by atoms with Crippen LogP contribution in [-0.4, -0.2) is 16.8 Å². The van der Waals surface area contributed by atoms with E-state index in [0.29, 0.717) is 4.90 Å². The summed E-state index contributed by atoms with van der Waals surface area (Å²) < 4.78 is 15.8. The highest BCUT2D eigenvalue weighted by Gasteiger charge is 2.13. The average molecular weight is 213 g/mol. The largest absolute Gasteiger partial charge is 0.462 e. The molecule has 4 nitrogen and oxygen atoms in total. The molecule has 0 radical (unpaired) electrons. The maximum atomic E-state index is 11.4. The van der Waals surface area contributed by atoms with Gasteiger partial charge in [0.05, 0.1) is 17.1 Å². The van der Waals surface area contributed by atoms with Gasteiger partial charge in [-0.25, -0.2) is 14.1 Å². The van der Waals surface area contributed by atoms with Gasteiger partial charge in [0.15, 0.2) is 0 Å². The average Bonchev–Trinajstić information content (AvgIpc) is 2.18. The van der Waals surface area contributed by atoms with E-state index in [-0.39, 0.29) is 12.2 Å². The Morgan fingerprint density at radius 2 is 2.14 bits per heavy atom. The van der Waals surface area contributed by atoms with Gasteiger partial charge in [0, 0.05) is 0 Å². The molecule has 76 valence electrons. The Bertz CT molecular complexity index is 365. The van der Waals surface area contributed by atoms with Crippen LogP contribution in [0, 0.1) is 0 Å². The van der Waals surface area contributed by atoms with Crippen LogP contribution < -0.4 is 5.14 Å². The number of carbonyl (C=O) groups is 1. The summed E-state index contributed by atoms with van der Waals surface area (Å²) >= 11 is 0. The minimum absolute atomic E-state index is 0.259. The second kappa shape index (κ2) is 4.88. The van der Waals surface area contributed by atoms with E-state index in [1.54, 1.807) is 25.1 Å². The molecule has 1 rings (SSSR count). The van der Waals surface area contributed by atoms with Crippen molar-refractivity contribution in [2.75, 3.05) is 6.61 Å². The van der Waals surface area contributed by atoms with Crippen LogP contribution in [0.25, 0.3) is 0 Å². The Balaban J connectivity index is 3.07.